The summed E-state index contributed by atoms with van der Waals surface area (Å²) in [6, 6.07) is 0. The largest absolute Gasteiger partial charge is 0.359 e. The van der Waals surface area contributed by atoms with Gasteiger partial charge in [-0.2, -0.15) is 0 Å². The molecular weight excluding hydrogens is 198 g/mol. The number of aldehydes is 1. The summed E-state index contributed by atoms with van der Waals surface area (Å²) in [6.45, 7) is 1.93. The molecule has 0 saturated heterocycles. The van der Waals surface area contributed by atoms with Crippen molar-refractivity contribution in [3.8, 4) is 0 Å². The van der Waals surface area contributed by atoms with Gasteiger partial charge in [0.25, 0.3) is 0 Å². The van der Waals surface area contributed by atoms with Gasteiger partial charge in [-0.25, -0.2) is 0 Å². The molecule has 0 atom stereocenters. The first-order valence-corrected chi connectivity index (χ1v) is 3.68. The number of carbonyl (C=O) groups excluding carboxylic acids is 1. The van der Waals surface area contributed by atoms with Crippen molar-refractivity contribution in [2.45, 2.75) is 13.3 Å². The van der Waals surface area contributed by atoms with Crippen molar-refractivity contribution in [3.63, 3.8) is 0 Å². The van der Waals surface area contributed by atoms with Crippen LogP contribution in [0.3, 0.4) is 0 Å². The zero-order valence-corrected chi connectivity index (χ0v) is 7.01. The van der Waals surface area contributed by atoms with Crippen LogP contribution in [0.5, 0.6) is 0 Å². The van der Waals surface area contributed by atoms with Gasteiger partial charge in [-0.15, -0.1) is 0 Å². The van der Waals surface area contributed by atoms with Gasteiger partial charge in [0.05, 0.1) is 4.47 Å². The van der Waals surface area contributed by atoms with Crippen LogP contribution < -0.4 is 0 Å². The third kappa shape index (κ3) is 1.11. The molecule has 0 saturated carbocycles. The van der Waals surface area contributed by atoms with Crippen molar-refractivity contribution in [3.05, 3.63) is 15.9 Å². The van der Waals surface area contributed by atoms with Crippen molar-refractivity contribution in [1.29, 1.82) is 0 Å². The molecule has 0 aliphatic rings. The van der Waals surface area contributed by atoms with Crippen molar-refractivity contribution >= 4 is 22.2 Å². The second-order valence-corrected chi connectivity index (χ2v) is 2.57. The maximum Gasteiger partial charge on any atom is 0.173 e. The average molecular weight is 204 g/mol. The van der Waals surface area contributed by atoms with E-state index in [4.69, 9.17) is 4.52 Å². The van der Waals surface area contributed by atoms with Crippen LogP contribution in [0.4, 0.5) is 0 Å². The molecule has 0 amide bonds. The Bertz CT molecular complexity index is 244. The minimum atomic E-state index is 0.330. The Morgan fingerprint density at radius 2 is 2.50 bits per heavy atom. The maximum absolute atomic E-state index is 10.2. The summed E-state index contributed by atoms with van der Waals surface area (Å²) in [4.78, 5) is 10.2. The summed E-state index contributed by atoms with van der Waals surface area (Å²) in [5, 5.41) is 3.52. The van der Waals surface area contributed by atoms with E-state index in [0.29, 0.717) is 22.2 Å². The Morgan fingerprint density at radius 3 is 2.80 bits per heavy atom. The zero-order chi connectivity index (χ0) is 7.56. The quantitative estimate of drug-likeness (QED) is 0.690. The first kappa shape index (κ1) is 7.47. The predicted octanol–water partition coefficient (Wildman–Crippen LogP) is 1.81. The van der Waals surface area contributed by atoms with Gasteiger partial charge in [-0.1, -0.05) is 12.1 Å². The molecule has 0 radical (unpaired) electrons. The minimum Gasteiger partial charge on any atom is -0.359 e. The third-order valence-electron chi connectivity index (χ3n) is 1.16. The molecule has 1 aromatic heterocycles. The van der Waals surface area contributed by atoms with E-state index in [2.05, 4.69) is 21.1 Å². The zero-order valence-electron chi connectivity index (χ0n) is 5.43. The topological polar surface area (TPSA) is 43.1 Å². The van der Waals surface area contributed by atoms with Gasteiger partial charge in [0, 0.05) is 6.42 Å². The van der Waals surface area contributed by atoms with Crippen molar-refractivity contribution in [2.24, 2.45) is 0 Å². The lowest BCUT2D eigenvalue weighted by molar-refractivity contribution is 0.111. The molecule has 1 rings (SSSR count). The fraction of sp³-hybridized carbons (Fsp3) is 0.333. The first-order chi connectivity index (χ1) is 4.79. The lowest BCUT2D eigenvalue weighted by Crippen LogP contribution is -1.79. The normalized spacial score (nSPS) is 9.80. The van der Waals surface area contributed by atoms with E-state index in [-0.39, 0.29) is 0 Å². The number of nitrogens with zero attached hydrogens (tertiary/aromatic N) is 1. The fourth-order valence-corrected chi connectivity index (χ4v) is 1.14. The summed E-state index contributed by atoms with van der Waals surface area (Å²) in [6.07, 6.45) is 1.40. The SMILES string of the molecule is CCc1onc(C=O)c1Br. The van der Waals surface area contributed by atoms with Crippen LogP contribution >= 0.6 is 15.9 Å². The van der Waals surface area contributed by atoms with E-state index < -0.39 is 0 Å². The van der Waals surface area contributed by atoms with Crippen molar-refractivity contribution in [1.82, 2.24) is 5.16 Å². The van der Waals surface area contributed by atoms with Crippen LogP contribution in [0.1, 0.15) is 23.2 Å². The van der Waals surface area contributed by atoms with Crippen molar-refractivity contribution < 1.29 is 9.32 Å². The van der Waals surface area contributed by atoms with Gasteiger partial charge in [0.15, 0.2) is 17.7 Å². The summed E-state index contributed by atoms with van der Waals surface area (Å²) >= 11 is 3.18. The van der Waals surface area contributed by atoms with E-state index in [1.807, 2.05) is 6.92 Å². The highest BCUT2D eigenvalue weighted by Crippen LogP contribution is 2.19. The number of aryl methyl sites for hydroxylation is 1. The molecule has 0 fully saturated rings. The maximum atomic E-state index is 10.2. The molecular formula is C6H6BrNO2. The molecule has 4 heteroatoms. The molecule has 0 aromatic carbocycles. The molecule has 0 aliphatic heterocycles. The second kappa shape index (κ2) is 2.96. The van der Waals surface area contributed by atoms with Gasteiger partial charge in [0.2, 0.25) is 0 Å². The standard InChI is InChI=1S/C6H6BrNO2/c1-2-5-6(7)4(3-9)8-10-5/h3H,2H2,1H3. The summed E-state index contributed by atoms with van der Waals surface area (Å²) in [5.74, 6) is 0.710. The Hall–Kier alpha value is -0.640. The number of hydrogen-bond donors (Lipinski definition) is 0. The molecule has 10 heavy (non-hydrogen) atoms. The second-order valence-electron chi connectivity index (χ2n) is 1.78. The highest BCUT2D eigenvalue weighted by molar-refractivity contribution is 9.10. The predicted molar refractivity (Wildman–Crippen MR) is 39.0 cm³/mol. The van der Waals surface area contributed by atoms with Gasteiger partial charge < -0.3 is 4.52 Å². The van der Waals surface area contributed by atoms with E-state index in [1.54, 1.807) is 0 Å². The van der Waals surface area contributed by atoms with Gasteiger partial charge in [-0.05, 0) is 15.9 Å². The Kier molecular flexibility index (Phi) is 2.21. The molecule has 1 heterocycles. The monoisotopic (exact) mass is 203 g/mol. The minimum absolute atomic E-state index is 0.330. The molecule has 54 valence electrons. The summed E-state index contributed by atoms with van der Waals surface area (Å²) in [7, 11) is 0. The van der Waals surface area contributed by atoms with Crippen LogP contribution in [0.2, 0.25) is 0 Å². The van der Waals surface area contributed by atoms with E-state index >= 15 is 0 Å². The average Bonchev–Trinajstić information content (AvgIpc) is 2.30. The lowest BCUT2D eigenvalue weighted by Gasteiger charge is -1.83. The van der Waals surface area contributed by atoms with Crippen LogP contribution in [0.15, 0.2) is 9.00 Å². The molecule has 0 unspecified atom stereocenters. The highest BCUT2D eigenvalue weighted by Gasteiger charge is 2.09. The Balaban J connectivity index is 3.08. The Labute approximate surface area is 66.5 Å². The van der Waals surface area contributed by atoms with E-state index in [0.717, 1.165) is 6.42 Å². The summed E-state index contributed by atoms with van der Waals surface area (Å²) in [5.41, 5.74) is 0.330. The number of halogens is 1. The summed E-state index contributed by atoms with van der Waals surface area (Å²) < 4.78 is 5.48. The number of rotatable bonds is 2. The fourth-order valence-electron chi connectivity index (χ4n) is 0.620. The van der Waals surface area contributed by atoms with E-state index in [9.17, 15) is 4.79 Å². The molecule has 3 nitrogen and oxygen atoms in total. The molecule has 0 bridgehead atoms. The lowest BCUT2D eigenvalue weighted by atomic mass is 10.3. The molecule has 1 aromatic rings. The van der Waals surface area contributed by atoms with Crippen LogP contribution in [-0.2, 0) is 6.42 Å². The third-order valence-corrected chi connectivity index (χ3v) is 2.01. The van der Waals surface area contributed by atoms with Crippen LogP contribution in [-0.4, -0.2) is 11.4 Å². The van der Waals surface area contributed by atoms with Crippen LogP contribution in [0, 0.1) is 0 Å². The molecule has 0 N–H and O–H groups in total. The number of carbonyl (C=O) groups is 1. The Morgan fingerprint density at radius 1 is 1.80 bits per heavy atom. The molecule has 0 aliphatic carbocycles. The van der Waals surface area contributed by atoms with Gasteiger partial charge in [-0.3, -0.25) is 4.79 Å². The molecule has 0 spiro atoms. The van der Waals surface area contributed by atoms with Gasteiger partial charge >= 0.3 is 0 Å². The van der Waals surface area contributed by atoms with Crippen LogP contribution in [0.25, 0.3) is 0 Å². The van der Waals surface area contributed by atoms with E-state index in [1.165, 1.54) is 0 Å². The number of aromatic nitrogens is 1. The first-order valence-electron chi connectivity index (χ1n) is 2.88. The van der Waals surface area contributed by atoms with Gasteiger partial charge in [0.1, 0.15) is 0 Å². The number of hydrogen-bond acceptors (Lipinski definition) is 3. The smallest absolute Gasteiger partial charge is 0.173 e. The highest BCUT2D eigenvalue weighted by atomic mass is 79.9. The van der Waals surface area contributed by atoms with Crippen molar-refractivity contribution in [2.75, 3.05) is 0 Å².